The molecule has 0 bridgehead atoms. The third-order valence-electron chi connectivity index (χ3n) is 0.827. The molecule has 1 rings (SSSR count). The monoisotopic (exact) mass is 163 g/mol. The van der Waals surface area contributed by atoms with Crippen molar-refractivity contribution >= 4 is 18.3 Å². The van der Waals surface area contributed by atoms with E-state index in [1.54, 1.807) is 0 Å². The first-order valence-electron chi connectivity index (χ1n) is 2.22. The Morgan fingerprint density at radius 3 is 3.00 bits per heavy atom. The largest absolute Gasteiger partial charge is 0.447 e. The van der Waals surface area contributed by atoms with Crippen LogP contribution in [0.5, 0.6) is 0 Å². The molecule has 5 nitrogen and oxygen atoms in total. The van der Waals surface area contributed by atoms with Crippen molar-refractivity contribution < 1.29 is 8.81 Å². The van der Waals surface area contributed by atoms with Crippen LogP contribution in [0.3, 0.4) is 0 Å². The first-order valence-corrected chi connectivity index (χ1v) is 2.90. The highest BCUT2D eigenvalue weighted by Gasteiger charge is 2.14. The predicted molar refractivity (Wildman–Crippen MR) is 33.0 cm³/mol. The fraction of sp³-hybridized carbons (Fsp3) is 0. The van der Waals surface area contributed by atoms with Crippen LogP contribution >= 0.6 is 12.3 Å². The first kappa shape index (κ1) is 7.00. The molecule has 0 radical (unpaired) electrons. The minimum absolute atomic E-state index is 0.257. The van der Waals surface area contributed by atoms with Gasteiger partial charge in [0, 0.05) is 0 Å². The van der Waals surface area contributed by atoms with Gasteiger partial charge in [0.05, 0.1) is 0 Å². The van der Waals surface area contributed by atoms with Crippen LogP contribution in [-0.4, -0.2) is 13.9 Å². The van der Waals surface area contributed by atoms with Gasteiger partial charge in [0.25, 0.3) is 0 Å². The molecule has 0 amide bonds. The lowest BCUT2D eigenvalue weighted by molar-refractivity contribution is -0.394. The summed E-state index contributed by atoms with van der Waals surface area (Å²) in [5.41, 5.74) is 0. The summed E-state index contributed by atoms with van der Waals surface area (Å²) in [6, 6.07) is 0. The summed E-state index contributed by atoms with van der Waals surface area (Å²) in [7, 11) is 0. The summed E-state index contributed by atoms with van der Waals surface area (Å²) >= 11 is -0.257. The Bertz CT molecular complexity index is 250. The normalized spacial score (nSPS) is 9.70. The van der Waals surface area contributed by atoms with Crippen LogP contribution in [0.25, 0.3) is 0 Å². The van der Waals surface area contributed by atoms with Crippen molar-refractivity contribution in [3.63, 3.8) is 0 Å². The molecule has 1 aromatic rings. The fourth-order valence-electron chi connectivity index (χ4n) is 0.466. The van der Waals surface area contributed by atoms with Crippen LogP contribution < -0.4 is 0 Å². The Morgan fingerprint density at radius 2 is 2.60 bits per heavy atom. The lowest BCUT2D eigenvalue weighted by Gasteiger charge is -1.90. The third kappa shape index (κ3) is 1.08. The van der Waals surface area contributed by atoms with E-state index in [2.05, 4.69) is 4.98 Å². The number of hydrogen-bond donors (Lipinski definition) is 0. The van der Waals surface area contributed by atoms with E-state index in [1.165, 1.54) is 6.20 Å². The van der Waals surface area contributed by atoms with E-state index in [0.717, 1.165) is 10.2 Å². The summed E-state index contributed by atoms with van der Waals surface area (Å²) in [6.45, 7) is 0. The number of rotatable bonds is 2. The Labute approximate surface area is 59.4 Å². The zero-order valence-corrected chi connectivity index (χ0v) is 5.42. The molecule has 0 fully saturated rings. The Morgan fingerprint density at radius 1 is 1.90 bits per heavy atom. The molecule has 0 saturated heterocycles. The maximum Gasteiger partial charge on any atom is 0.447 e. The summed E-state index contributed by atoms with van der Waals surface area (Å²) in [5.74, 6) is -0.507. The lowest BCUT2D eigenvalue weighted by atomic mass is 11.0. The summed E-state index contributed by atoms with van der Waals surface area (Å²) in [4.78, 5) is 12.5. The topological polar surface area (TPSA) is 61.0 Å². The second-order valence-corrected chi connectivity index (χ2v) is 1.91. The number of aromatic nitrogens is 2. The van der Waals surface area contributed by atoms with Gasteiger partial charge in [-0.3, -0.25) is 0 Å². The van der Waals surface area contributed by atoms with E-state index in [1.807, 2.05) is 0 Å². The molecule has 1 aromatic heterocycles. The highest BCUT2D eigenvalue weighted by atomic mass is 32.2. The standard InChI is InChI=1S/C3H2FN3O2S/c4-10-6-2-1-5-3(6)7(8)9/h1-2H. The average molecular weight is 163 g/mol. The molecule has 0 aliphatic rings. The Kier molecular flexibility index (Phi) is 1.86. The van der Waals surface area contributed by atoms with Crippen molar-refractivity contribution in [3.05, 3.63) is 22.5 Å². The fourth-order valence-corrected chi connectivity index (χ4v) is 0.742. The van der Waals surface area contributed by atoms with Crippen LogP contribution in [0, 0.1) is 10.1 Å². The van der Waals surface area contributed by atoms with Crippen molar-refractivity contribution in [2.75, 3.05) is 0 Å². The molecule has 54 valence electrons. The van der Waals surface area contributed by atoms with Crippen LogP contribution in [-0.2, 0) is 0 Å². The van der Waals surface area contributed by atoms with Gasteiger partial charge in [-0.2, -0.15) is 0 Å². The average Bonchev–Trinajstić information content (AvgIpc) is 2.33. The molecule has 0 atom stereocenters. The molecule has 0 aliphatic carbocycles. The van der Waals surface area contributed by atoms with Gasteiger partial charge in [0.1, 0.15) is 12.4 Å². The van der Waals surface area contributed by atoms with Gasteiger partial charge in [-0.15, -0.1) is 7.86 Å². The molecular weight excluding hydrogens is 161 g/mol. The minimum Gasteiger partial charge on any atom is -0.390 e. The van der Waals surface area contributed by atoms with Gasteiger partial charge in [0.15, 0.2) is 0 Å². The molecule has 0 saturated carbocycles. The number of halogens is 1. The molecule has 0 aromatic carbocycles. The summed E-state index contributed by atoms with van der Waals surface area (Å²) in [5, 5.41) is 9.98. The molecule has 0 N–H and O–H groups in total. The number of nitro groups is 1. The lowest BCUT2D eigenvalue weighted by Crippen LogP contribution is -1.94. The second kappa shape index (κ2) is 2.65. The van der Waals surface area contributed by atoms with Crippen molar-refractivity contribution in [3.8, 4) is 0 Å². The zero-order chi connectivity index (χ0) is 7.56. The number of hydrogen-bond acceptors (Lipinski definition) is 4. The van der Waals surface area contributed by atoms with E-state index in [4.69, 9.17) is 0 Å². The number of imidazole rings is 1. The molecule has 0 aliphatic heterocycles. The van der Waals surface area contributed by atoms with Gasteiger partial charge >= 0.3 is 5.95 Å². The summed E-state index contributed by atoms with van der Waals surface area (Å²) in [6.07, 6.45) is 2.33. The second-order valence-electron chi connectivity index (χ2n) is 1.38. The quantitative estimate of drug-likeness (QED) is 0.485. The minimum atomic E-state index is -0.757. The van der Waals surface area contributed by atoms with E-state index in [0.29, 0.717) is 0 Å². The Balaban J connectivity index is 3.01. The van der Waals surface area contributed by atoms with E-state index in [9.17, 15) is 14.0 Å². The van der Waals surface area contributed by atoms with Crippen molar-refractivity contribution in [1.29, 1.82) is 0 Å². The maximum atomic E-state index is 11.7. The van der Waals surface area contributed by atoms with Gasteiger partial charge in [-0.25, -0.2) is 0 Å². The van der Waals surface area contributed by atoms with Gasteiger partial charge in [0.2, 0.25) is 12.3 Å². The highest BCUT2D eigenvalue weighted by Crippen LogP contribution is 2.15. The molecule has 0 unspecified atom stereocenters. The van der Waals surface area contributed by atoms with Crippen molar-refractivity contribution in [1.82, 2.24) is 8.96 Å². The molecule has 10 heavy (non-hydrogen) atoms. The van der Waals surface area contributed by atoms with Crippen molar-refractivity contribution in [2.45, 2.75) is 0 Å². The van der Waals surface area contributed by atoms with Gasteiger partial charge < -0.3 is 10.1 Å². The first-order chi connectivity index (χ1) is 4.75. The van der Waals surface area contributed by atoms with Gasteiger partial charge in [-0.1, -0.05) is 4.98 Å². The number of nitrogens with zero attached hydrogens (tertiary/aromatic N) is 3. The third-order valence-corrected chi connectivity index (χ3v) is 1.26. The molecule has 0 spiro atoms. The predicted octanol–water partition coefficient (Wildman–Crippen LogP) is 1.17. The summed E-state index contributed by atoms with van der Waals surface area (Å²) < 4.78 is 12.4. The van der Waals surface area contributed by atoms with Crippen LogP contribution in [0.1, 0.15) is 0 Å². The smallest absolute Gasteiger partial charge is 0.390 e. The molecule has 7 heteroatoms. The Hall–Kier alpha value is -1.11. The maximum absolute atomic E-state index is 11.7. The van der Waals surface area contributed by atoms with E-state index in [-0.39, 0.29) is 12.3 Å². The highest BCUT2D eigenvalue weighted by molar-refractivity contribution is 7.92. The molecule has 1 heterocycles. The van der Waals surface area contributed by atoms with Gasteiger partial charge in [-0.05, 0) is 4.92 Å². The van der Waals surface area contributed by atoms with Crippen LogP contribution in [0.4, 0.5) is 9.83 Å². The molecular formula is C3H2FN3O2S. The zero-order valence-electron chi connectivity index (χ0n) is 4.60. The van der Waals surface area contributed by atoms with E-state index < -0.39 is 10.9 Å². The SMILES string of the molecule is O=[N+]([O-])c1nccn1SF. The van der Waals surface area contributed by atoms with Crippen LogP contribution in [0.2, 0.25) is 0 Å². The van der Waals surface area contributed by atoms with E-state index >= 15 is 0 Å². The van der Waals surface area contributed by atoms with Crippen molar-refractivity contribution in [2.24, 2.45) is 0 Å². The van der Waals surface area contributed by atoms with Crippen LogP contribution in [0.15, 0.2) is 12.4 Å².